The summed E-state index contributed by atoms with van der Waals surface area (Å²) in [5.74, 6) is 0.533. The average molecular weight is 310 g/mol. The van der Waals surface area contributed by atoms with Crippen molar-refractivity contribution in [2.75, 3.05) is 13.1 Å². The van der Waals surface area contributed by atoms with Crippen molar-refractivity contribution in [3.8, 4) is 11.1 Å². The predicted octanol–water partition coefficient (Wildman–Crippen LogP) is 2.90. The van der Waals surface area contributed by atoms with Gasteiger partial charge >= 0.3 is 0 Å². The Bertz CT molecular complexity index is 672. The summed E-state index contributed by atoms with van der Waals surface area (Å²) in [5, 5.41) is 0. The van der Waals surface area contributed by atoms with Gasteiger partial charge in [0.05, 0.1) is 5.69 Å². The van der Waals surface area contributed by atoms with Crippen molar-refractivity contribution in [3.05, 3.63) is 42.7 Å². The third-order valence-electron chi connectivity index (χ3n) is 4.35. The van der Waals surface area contributed by atoms with E-state index in [0.717, 1.165) is 42.8 Å². The van der Waals surface area contributed by atoms with Crippen LogP contribution in [-0.4, -0.2) is 38.8 Å². The predicted molar refractivity (Wildman–Crippen MR) is 88.7 cm³/mol. The van der Waals surface area contributed by atoms with Crippen LogP contribution in [0.25, 0.3) is 11.1 Å². The molecular weight excluding hydrogens is 288 g/mol. The first-order valence-corrected chi connectivity index (χ1v) is 8.16. The highest BCUT2D eigenvalue weighted by Gasteiger charge is 2.28. The van der Waals surface area contributed by atoms with Gasteiger partial charge in [0, 0.05) is 49.1 Å². The molecule has 0 aliphatic carbocycles. The van der Waals surface area contributed by atoms with Crippen LogP contribution in [0.15, 0.2) is 37.1 Å². The molecule has 0 N–H and O–H groups in total. The van der Waals surface area contributed by atoms with Gasteiger partial charge in [0.25, 0.3) is 0 Å². The number of likely N-dealkylation sites (tertiary alicyclic amines) is 1. The minimum atomic E-state index is 0.0406. The summed E-state index contributed by atoms with van der Waals surface area (Å²) in [4.78, 5) is 27.1. The number of pyridine rings is 1. The van der Waals surface area contributed by atoms with Gasteiger partial charge in [-0.2, -0.15) is 0 Å². The Kier molecular flexibility index (Phi) is 4.65. The Balaban J connectivity index is 1.89. The van der Waals surface area contributed by atoms with E-state index in [-0.39, 0.29) is 17.7 Å². The summed E-state index contributed by atoms with van der Waals surface area (Å²) < 4.78 is 0. The topological polar surface area (TPSA) is 59.0 Å². The van der Waals surface area contributed by atoms with E-state index in [4.69, 9.17) is 0 Å². The number of nitrogens with zero attached hydrogens (tertiary/aromatic N) is 4. The maximum Gasteiger partial charge on any atom is 0.225 e. The highest BCUT2D eigenvalue weighted by molar-refractivity contribution is 5.78. The summed E-state index contributed by atoms with van der Waals surface area (Å²) in [6, 6.07) is 3.95. The lowest BCUT2D eigenvalue weighted by molar-refractivity contribution is -0.135. The van der Waals surface area contributed by atoms with Gasteiger partial charge in [-0.3, -0.25) is 9.78 Å². The van der Waals surface area contributed by atoms with E-state index in [1.54, 1.807) is 18.7 Å². The Morgan fingerprint density at radius 3 is 2.78 bits per heavy atom. The zero-order chi connectivity index (χ0) is 16.2. The number of hydrogen-bond donors (Lipinski definition) is 0. The zero-order valence-corrected chi connectivity index (χ0v) is 13.6. The van der Waals surface area contributed by atoms with E-state index in [0.29, 0.717) is 0 Å². The second-order valence-corrected chi connectivity index (χ2v) is 6.34. The second kappa shape index (κ2) is 6.86. The van der Waals surface area contributed by atoms with Crippen molar-refractivity contribution in [2.45, 2.75) is 32.6 Å². The van der Waals surface area contributed by atoms with Crippen LogP contribution in [0.4, 0.5) is 0 Å². The molecular formula is C18H22N4O. The molecule has 120 valence electrons. The number of carbonyl (C=O) groups excluding carboxylic acids is 1. The summed E-state index contributed by atoms with van der Waals surface area (Å²) in [5.41, 5.74) is 3.15. The van der Waals surface area contributed by atoms with Crippen LogP contribution in [0.3, 0.4) is 0 Å². The smallest absolute Gasteiger partial charge is 0.225 e. The van der Waals surface area contributed by atoms with Crippen LogP contribution in [0.5, 0.6) is 0 Å². The number of hydrogen-bond acceptors (Lipinski definition) is 4. The van der Waals surface area contributed by atoms with Gasteiger partial charge in [-0.25, -0.2) is 9.97 Å². The lowest BCUT2D eigenvalue weighted by Gasteiger charge is -2.34. The molecule has 1 aliphatic rings. The van der Waals surface area contributed by atoms with Gasteiger partial charge in [-0.1, -0.05) is 13.8 Å². The molecule has 0 saturated carbocycles. The minimum Gasteiger partial charge on any atom is -0.342 e. The number of rotatable bonds is 3. The molecule has 3 heterocycles. The Morgan fingerprint density at radius 2 is 2.04 bits per heavy atom. The van der Waals surface area contributed by atoms with Gasteiger partial charge in [-0.15, -0.1) is 0 Å². The van der Waals surface area contributed by atoms with Crippen LogP contribution in [0.1, 0.15) is 38.3 Å². The largest absolute Gasteiger partial charge is 0.342 e. The first kappa shape index (κ1) is 15.6. The molecule has 0 unspecified atom stereocenters. The van der Waals surface area contributed by atoms with Gasteiger partial charge in [0.1, 0.15) is 6.33 Å². The lowest BCUT2D eigenvalue weighted by Crippen LogP contribution is -2.41. The number of piperidine rings is 1. The van der Waals surface area contributed by atoms with E-state index in [2.05, 4.69) is 15.0 Å². The lowest BCUT2D eigenvalue weighted by atomic mass is 9.89. The maximum atomic E-state index is 12.3. The van der Waals surface area contributed by atoms with Crippen LogP contribution in [0.2, 0.25) is 0 Å². The van der Waals surface area contributed by atoms with Crippen molar-refractivity contribution in [3.63, 3.8) is 0 Å². The first-order chi connectivity index (χ1) is 11.2. The normalized spacial score (nSPS) is 18.2. The summed E-state index contributed by atoms with van der Waals surface area (Å²) in [6.07, 6.45) is 9.09. The molecule has 5 heteroatoms. The second-order valence-electron chi connectivity index (χ2n) is 6.34. The van der Waals surface area contributed by atoms with Gasteiger partial charge < -0.3 is 4.90 Å². The molecule has 23 heavy (non-hydrogen) atoms. The first-order valence-electron chi connectivity index (χ1n) is 8.16. The average Bonchev–Trinajstić information content (AvgIpc) is 2.62. The van der Waals surface area contributed by atoms with Crippen molar-refractivity contribution in [2.24, 2.45) is 5.92 Å². The van der Waals surface area contributed by atoms with Crippen LogP contribution < -0.4 is 0 Å². The van der Waals surface area contributed by atoms with Crippen LogP contribution in [-0.2, 0) is 4.79 Å². The molecule has 1 fully saturated rings. The third-order valence-corrected chi connectivity index (χ3v) is 4.35. The van der Waals surface area contributed by atoms with Crippen molar-refractivity contribution < 1.29 is 4.79 Å². The fourth-order valence-electron chi connectivity index (χ4n) is 3.18. The molecule has 1 aliphatic heterocycles. The third kappa shape index (κ3) is 3.38. The molecule has 2 aromatic rings. The van der Waals surface area contributed by atoms with Crippen LogP contribution >= 0.6 is 0 Å². The maximum absolute atomic E-state index is 12.3. The van der Waals surface area contributed by atoms with E-state index >= 15 is 0 Å². The molecule has 1 saturated heterocycles. The fraction of sp³-hybridized carbons (Fsp3) is 0.444. The van der Waals surface area contributed by atoms with Gasteiger partial charge in [0.15, 0.2) is 0 Å². The molecule has 0 radical (unpaired) electrons. The molecule has 0 bridgehead atoms. The molecule has 3 rings (SSSR count). The quantitative estimate of drug-likeness (QED) is 0.874. The molecule has 2 aromatic heterocycles. The summed E-state index contributed by atoms with van der Waals surface area (Å²) >= 11 is 0. The van der Waals surface area contributed by atoms with E-state index in [1.807, 2.05) is 37.1 Å². The molecule has 0 spiro atoms. The monoisotopic (exact) mass is 310 g/mol. The molecule has 5 nitrogen and oxygen atoms in total. The highest BCUT2D eigenvalue weighted by Crippen LogP contribution is 2.32. The Morgan fingerprint density at radius 1 is 1.26 bits per heavy atom. The summed E-state index contributed by atoms with van der Waals surface area (Å²) in [6.45, 7) is 5.51. The van der Waals surface area contributed by atoms with E-state index < -0.39 is 0 Å². The summed E-state index contributed by atoms with van der Waals surface area (Å²) in [7, 11) is 0. The SMILES string of the molecule is CC(C)C(=O)N1CCC[C@@H](c2ncncc2-c2ccncc2)C1. The van der Waals surface area contributed by atoms with Crippen LogP contribution in [0, 0.1) is 5.92 Å². The molecule has 1 atom stereocenters. The van der Waals surface area contributed by atoms with E-state index in [1.165, 1.54) is 0 Å². The van der Waals surface area contributed by atoms with E-state index in [9.17, 15) is 4.79 Å². The molecule has 1 amide bonds. The number of amides is 1. The Hall–Kier alpha value is -2.30. The van der Waals surface area contributed by atoms with Gasteiger partial charge in [-0.05, 0) is 30.5 Å². The number of aromatic nitrogens is 3. The van der Waals surface area contributed by atoms with Crippen molar-refractivity contribution in [1.82, 2.24) is 19.9 Å². The van der Waals surface area contributed by atoms with Gasteiger partial charge in [0.2, 0.25) is 5.91 Å². The standard InChI is InChI=1S/C18H22N4O/c1-13(2)18(23)22-9-3-4-15(11-22)17-16(10-20-12-21-17)14-5-7-19-8-6-14/h5-8,10,12-13,15H,3-4,9,11H2,1-2H3/t15-/m1/s1. The number of carbonyl (C=O) groups is 1. The van der Waals surface area contributed by atoms with Crippen molar-refractivity contribution in [1.29, 1.82) is 0 Å². The van der Waals surface area contributed by atoms with Crippen molar-refractivity contribution >= 4 is 5.91 Å². The highest BCUT2D eigenvalue weighted by atomic mass is 16.2. The Labute approximate surface area is 136 Å². The zero-order valence-electron chi connectivity index (χ0n) is 13.6. The molecule has 0 aromatic carbocycles. The fourth-order valence-corrected chi connectivity index (χ4v) is 3.18. The minimum absolute atomic E-state index is 0.0406.